The molecule has 1 heterocycles. The average molecular weight is 414 g/mol. The van der Waals surface area contributed by atoms with E-state index in [1.807, 2.05) is 18.4 Å². The Hall–Kier alpha value is -1.78. The molecule has 1 aromatic carbocycles. The first-order valence-electron chi connectivity index (χ1n) is 7.67. The lowest BCUT2D eigenvalue weighted by Gasteiger charge is -2.15. The van der Waals surface area contributed by atoms with Crippen LogP contribution < -0.4 is 10.6 Å². The minimum absolute atomic E-state index is 0.203. The molecule has 26 heavy (non-hydrogen) atoms. The predicted octanol–water partition coefficient (Wildman–Crippen LogP) is 2.37. The quantitative estimate of drug-likeness (QED) is 0.351. The fraction of sp³-hybridized carbons (Fsp3) is 0.375. The number of carbonyl (C=O) groups excluding carboxylic acids is 3. The molecule has 1 atom stereocenters. The summed E-state index contributed by atoms with van der Waals surface area (Å²) in [5, 5.41) is 5.37. The molecule has 0 aliphatic carbocycles. The van der Waals surface area contributed by atoms with Crippen molar-refractivity contribution >= 4 is 69.1 Å². The predicted molar refractivity (Wildman–Crippen MR) is 107 cm³/mol. The van der Waals surface area contributed by atoms with E-state index in [4.69, 9.17) is 0 Å². The van der Waals surface area contributed by atoms with Crippen LogP contribution in [0.5, 0.6) is 0 Å². The fourth-order valence-electron chi connectivity index (χ4n) is 2.06. The van der Waals surface area contributed by atoms with Gasteiger partial charge in [0, 0.05) is 5.69 Å². The number of thioether (sulfide) groups is 2. The summed E-state index contributed by atoms with van der Waals surface area (Å²) in [6.45, 7) is 0. The summed E-state index contributed by atoms with van der Waals surface area (Å²) in [7, 11) is 1.35. The van der Waals surface area contributed by atoms with Crippen molar-refractivity contribution in [2.75, 3.05) is 30.2 Å². The number of fused-ring (bicyclic) bond motifs is 1. The zero-order chi connectivity index (χ0) is 18.9. The van der Waals surface area contributed by atoms with Gasteiger partial charge in [0.15, 0.2) is 4.34 Å². The Morgan fingerprint density at radius 3 is 2.92 bits per heavy atom. The lowest BCUT2D eigenvalue weighted by molar-refractivity contribution is -0.137. The van der Waals surface area contributed by atoms with Crippen molar-refractivity contribution < 1.29 is 19.1 Å². The molecule has 0 aliphatic rings. The maximum atomic E-state index is 12.4. The third kappa shape index (κ3) is 5.89. The van der Waals surface area contributed by atoms with E-state index in [1.165, 1.54) is 30.2 Å². The highest BCUT2D eigenvalue weighted by Gasteiger charge is 2.17. The summed E-state index contributed by atoms with van der Waals surface area (Å²) in [6, 6.07) is 4.84. The Balaban J connectivity index is 2.06. The van der Waals surface area contributed by atoms with Crippen molar-refractivity contribution in [3.63, 3.8) is 0 Å². The lowest BCUT2D eigenvalue weighted by atomic mass is 10.2. The number of hydrogen-bond donors (Lipinski definition) is 2. The van der Waals surface area contributed by atoms with Gasteiger partial charge in [-0.2, -0.15) is 11.8 Å². The number of nitrogens with zero attached hydrogens (tertiary/aromatic N) is 1. The van der Waals surface area contributed by atoms with Crippen LogP contribution in [-0.2, 0) is 19.1 Å². The smallest absolute Gasteiger partial charge is 0.316 e. The topological polar surface area (TPSA) is 97.4 Å². The number of hydrogen-bond acceptors (Lipinski definition) is 8. The first-order chi connectivity index (χ1) is 12.6. The van der Waals surface area contributed by atoms with Crippen LogP contribution in [0.2, 0.25) is 0 Å². The number of esters is 1. The number of aromatic nitrogens is 1. The van der Waals surface area contributed by atoms with Gasteiger partial charge in [0.1, 0.15) is 6.04 Å². The second kappa shape index (κ2) is 10.4. The molecule has 2 rings (SSSR count). The SMILES string of the molecule is COC(=O)CSc1nc2ccc(NC(=O)C(CCSC)NC=O)cc2s1. The van der Waals surface area contributed by atoms with E-state index < -0.39 is 6.04 Å². The molecule has 7 nitrogen and oxygen atoms in total. The monoisotopic (exact) mass is 413 g/mol. The molecule has 10 heteroatoms. The van der Waals surface area contributed by atoms with Gasteiger partial charge in [0.05, 0.1) is 23.1 Å². The number of thiazole rings is 1. The second-order valence-electron chi connectivity index (χ2n) is 5.13. The average Bonchev–Trinajstić information content (AvgIpc) is 3.05. The van der Waals surface area contributed by atoms with Crippen molar-refractivity contribution in [2.45, 2.75) is 16.8 Å². The third-order valence-corrected chi connectivity index (χ3v) is 6.15. The van der Waals surface area contributed by atoms with E-state index in [0.717, 1.165) is 20.3 Å². The van der Waals surface area contributed by atoms with Crippen molar-refractivity contribution in [1.29, 1.82) is 0 Å². The Morgan fingerprint density at radius 1 is 1.42 bits per heavy atom. The summed E-state index contributed by atoms with van der Waals surface area (Å²) in [6.07, 6.45) is 3.05. The molecule has 2 N–H and O–H groups in total. The number of anilines is 1. The zero-order valence-corrected chi connectivity index (χ0v) is 16.8. The normalized spacial score (nSPS) is 11.8. The van der Waals surface area contributed by atoms with Gasteiger partial charge >= 0.3 is 5.97 Å². The van der Waals surface area contributed by atoms with Crippen LogP contribution in [0.25, 0.3) is 10.2 Å². The standard InChI is InChI=1S/C16H19N3O4S3/c1-23-14(21)8-25-16-19-11-4-3-10(7-13(11)26-16)18-15(22)12(17-9-20)5-6-24-2/h3-4,7,9,12H,5-6,8H2,1-2H3,(H,17,20)(H,18,22). The van der Waals surface area contributed by atoms with Gasteiger partial charge in [-0.25, -0.2) is 4.98 Å². The van der Waals surface area contributed by atoms with Crippen molar-refractivity contribution in [2.24, 2.45) is 0 Å². The summed E-state index contributed by atoms with van der Waals surface area (Å²) in [5.41, 5.74) is 1.43. The Labute approximate surface area is 163 Å². The minimum Gasteiger partial charge on any atom is -0.468 e. The van der Waals surface area contributed by atoms with Gasteiger partial charge in [-0.1, -0.05) is 11.8 Å². The van der Waals surface area contributed by atoms with Crippen LogP contribution in [0.15, 0.2) is 22.5 Å². The molecule has 0 spiro atoms. The summed E-state index contributed by atoms with van der Waals surface area (Å²) in [4.78, 5) is 38.7. The molecule has 2 aromatic rings. The molecule has 0 fully saturated rings. The van der Waals surface area contributed by atoms with Crippen molar-refractivity contribution in [3.8, 4) is 0 Å². The highest BCUT2D eigenvalue weighted by Crippen LogP contribution is 2.31. The highest BCUT2D eigenvalue weighted by molar-refractivity contribution is 8.01. The van der Waals surface area contributed by atoms with Gasteiger partial charge in [-0.3, -0.25) is 14.4 Å². The molecule has 0 radical (unpaired) electrons. The van der Waals surface area contributed by atoms with Crippen LogP contribution in [0.1, 0.15) is 6.42 Å². The Bertz CT molecular complexity index is 781. The van der Waals surface area contributed by atoms with Gasteiger partial charge in [0.2, 0.25) is 12.3 Å². The number of carbonyl (C=O) groups is 3. The van der Waals surface area contributed by atoms with E-state index >= 15 is 0 Å². The van der Waals surface area contributed by atoms with E-state index in [1.54, 1.807) is 17.8 Å². The first-order valence-corrected chi connectivity index (χ1v) is 10.9. The number of rotatable bonds is 10. The molecular formula is C16H19N3O4S3. The third-order valence-electron chi connectivity index (χ3n) is 3.37. The number of benzene rings is 1. The highest BCUT2D eigenvalue weighted by atomic mass is 32.2. The number of nitrogens with one attached hydrogen (secondary N) is 2. The Morgan fingerprint density at radius 2 is 2.23 bits per heavy atom. The fourth-order valence-corrected chi connectivity index (χ4v) is 4.47. The van der Waals surface area contributed by atoms with Crippen LogP contribution in [0, 0.1) is 0 Å². The maximum Gasteiger partial charge on any atom is 0.316 e. The number of ether oxygens (including phenoxy) is 1. The molecule has 0 saturated heterocycles. The van der Waals surface area contributed by atoms with Crippen LogP contribution >= 0.6 is 34.9 Å². The second-order valence-corrected chi connectivity index (χ2v) is 8.37. The molecule has 0 bridgehead atoms. The molecule has 2 amide bonds. The molecular weight excluding hydrogens is 394 g/mol. The van der Waals surface area contributed by atoms with Gasteiger partial charge in [0.25, 0.3) is 0 Å². The number of amides is 2. The van der Waals surface area contributed by atoms with E-state index in [-0.39, 0.29) is 17.6 Å². The lowest BCUT2D eigenvalue weighted by Crippen LogP contribution is -2.40. The first kappa shape index (κ1) is 20.5. The van der Waals surface area contributed by atoms with Crippen molar-refractivity contribution in [3.05, 3.63) is 18.2 Å². The summed E-state index contributed by atoms with van der Waals surface area (Å²) in [5.74, 6) is 0.415. The van der Waals surface area contributed by atoms with E-state index in [9.17, 15) is 14.4 Å². The summed E-state index contributed by atoms with van der Waals surface area (Å²) < 4.78 is 6.28. The number of methoxy groups -OCH3 is 1. The zero-order valence-electron chi connectivity index (χ0n) is 14.3. The van der Waals surface area contributed by atoms with Crippen LogP contribution in [0.4, 0.5) is 5.69 Å². The minimum atomic E-state index is -0.566. The van der Waals surface area contributed by atoms with Crippen molar-refractivity contribution in [1.82, 2.24) is 10.3 Å². The Kier molecular flexibility index (Phi) is 8.20. The summed E-state index contributed by atoms with van der Waals surface area (Å²) >= 11 is 4.37. The van der Waals surface area contributed by atoms with E-state index in [0.29, 0.717) is 18.5 Å². The largest absolute Gasteiger partial charge is 0.468 e. The van der Waals surface area contributed by atoms with E-state index in [2.05, 4.69) is 20.4 Å². The molecule has 1 aromatic heterocycles. The van der Waals surface area contributed by atoms with Gasteiger partial charge < -0.3 is 15.4 Å². The molecule has 140 valence electrons. The maximum absolute atomic E-state index is 12.4. The van der Waals surface area contributed by atoms with Gasteiger partial charge in [-0.15, -0.1) is 11.3 Å². The van der Waals surface area contributed by atoms with Crippen LogP contribution in [-0.4, -0.2) is 54.2 Å². The van der Waals surface area contributed by atoms with Crippen LogP contribution in [0.3, 0.4) is 0 Å². The molecule has 0 saturated carbocycles. The molecule has 1 unspecified atom stereocenters. The van der Waals surface area contributed by atoms with Gasteiger partial charge in [-0.05, 0) is 36.6 Å². The molecule has 0 aliphatic heterocycles.